The van der Waals surface area contributed by atoms with Crippen LogP contribution in [0.1, 0.15) is 12.1 Å². The predicted octanol–water partition coefficient (Wildman–Crippen LogP) is 3.29. The van der Waals surface area contributed by atoms with Crippen molar-refractivity contribution in [2.45, 2.75) is 12.8 Å². The van der Waals surface area contributed by atoms with Crippen LogP contribution >= 0.6 is 11.6 Å². The zero-order valence-corrected chi connectivity index (χ0v) is 13.2. The summed E-state index contributed by atoms with van der Waals surface area (Å²) in [6.07, 6.45) is 0.268. The fraction of sp³-hybridized carbons (Fsp3) is 0.118. The number of aromatic amines is 1. The number of anilines is 1. The topological polar surface area (TPSA) is 74.8 Å². The standard InChI is InChI=1S/C17H13ClFN3O2/c18-11-9-10(5-6-12(11)19)20-16(23)8-7-15-17(24)22-14-4-2-1-3-13(14)21-15/h1-6,9H,7-8H2,(H,20,23)(H,22,24). The maximum Gasteiger partial charge on any atom is 0.270 e. The van der Waals surface area contributed by atoms with Gasteiger partial charge in [-0.3, -0.25) is 9.59 Å². The molecule has 7 heteroatoms. The molecule has 5 nitrogen and oxygen atoms in total. The van der Waals surface area contributed by atoms with E-state index in [1.165, 1.54) is 18.2 Å². The van der Waals surface area contributed by atoms with Crippen molar-refractivity contribution >= 4 is 34.2 Å². The molecule has 2 N–H and O–H groups in total. The Morgan fingerprint density at radius 2 is 2.04 bits per heavy atom. The zero-order valence-electron chi connectivity index (χ0n) is 12.5. The van der Waals surface area contributed by atoms with Crippen LogP contribution in [0, 0.1) is 5.82 Å². The van der Waals surface area contributed by atoms with E-state index in [0.717, 1.165) is 0 Å². The number of hydrogen-bond donors (Lipinski definition) is 2. The molecule has 1 heterocycles. The summed E-state index contributed by atoms with van der Waals surface area (Å²) in [6.45, 7) is 0. The van der Waals surface area contributed by atoms with Gasteiger partial charge in [-0.25, -0.2) is 9.37 Å². The van der Waals surface area contributed by atoms with Crippen molar-refractivity contribution in [3.05, 3.63) is 69.4 Å². The number of H-pyrrole nitrogens is 1. The Morgan fingerprint density at radius 3 is 2.83 bits per heavy atom. The zero-order chi connectivity index (χ0) is 17.1. The van der Waals surface area contributed by atoms with Gasteiger partial charge in [-0.1, -0.05) is 23.7 Å². The van der Waals surface area contributed by atoms with E-state index < -0.39 is 5.82 Å². The predicted molar refractivity (Wildman–Crippen MR) is 90.7 cm³/mol. The molecule has 1 aromatic heterocycles. The summed E-state index contributed by atoms with van der Waals surface area (Å²) >= 11 is 5.66. The van der Waals surface area contributed by atoms with Gasteiger partial charge in [-0.2, -0.15) is 0 Å². The summed E-state index contributed by atoms with van der Waals surface area (Å²) in [7, 11) is 0. The number of carbonyl (C=O) groups excluding carboxylic acids is 1. The number of carbonyl (C=O) groups is 1. The second-order valence-corrected chi connectivity index (χ2v) is 5.61. The third-order valence-electron chi connectivity index (χ3n) is 3.46. The van der Waals surface area contributed by atoms with E-state index >= 15 is 0 Å². The monoisotopic (exact) mass is 345 g/mol. The van der Waals surface area contributed by atoms with Gasteiger partial charge >= 0.3 is 0 Å². The van der Waals surface area contributed by atoms with Crippen molar-refractivity contribution in [3.63, 3.8) is 0 Å². The lowest BCUT2D eigenvalue weighted by molar-refractivity contribution is -0.116. The van der Waals surface area contributed by atoms with Crippen molar-refractivity contribution in [1.82, 2.24) is 9.97 Å². The first-order valence-corrected chi connectivity index (χ1v) is 7.63. The van der Waals surface area contributed by atoms with E-state index in [1.54, 1.807) is 18.2 Å². The molecule has 0 saturated carbocycles. The minimum absolute atomic E-state index is 0.0690. The van der Waals surface area contributed by atoms with Gasteiger partial charge in [0.25, 0.3) is 5.56 Å². The third kappa shape index (κ3) is 3.60. The van der Waals surface area contributed by atoms with Crippen LogP contribution in [0.3, 0.4) is 0 Å². The molecule has 0 atom stereocenters. The van der Waals surface area contributed by atoms with Crippen LogP contribution in [0.5, 0.6) is 0 Å². The van der Waals surface area contributed by atoms with Crippen LogP contribution in [-0.2, 0) is 11.2 Å². The van der Waals surface area contributed by atoms with Gasteiger partial charge in [0, 0.05) is 18.5 Å². The second-order valence-electron chi connectivity index (χ2n) is 5.21. The number of fused-ring (bicyclic) bond motifs is 1. The fourth-order valence-corrected chi connectivity index (χ4v) is 2.45. The maximum atomic E-state index is 13.1. The highest BCUT2D eigenvalue weighted by molar-refractivity contribution is 6.31. The van der Waals surface area contributed by atoms with Gasteiger partial charge in [-0.15, -0.1) is 0 Å². The summed E-state index contributed by atoms with van der Waals surface area (Å²) < 4.78 is 13.1. The number of rotatable bonds is 4. The number of aromatic nitrogens is 2. The summed E-state index contributed by atoms with van der Waals surface area (Å²) in [6, 6.07) is 11.1. The number of nitrogens with one attached hydrogen (secondary N) is 2. The summed E-state index contributed by atoms with van der Waals surface area (Å²) in [5.74, 6) is -0.867. The van der Waals surface area contributed by atoms with Crippen LogP contribution in [0.25, 0.3) is 11.0 Å². The molecule has 0 aliphatic carbocycles. The number of benzene rings is 2. The van der Waals surface area contributed by atoms with Crippen LogP contribution < -0.4 is 10.9 Å². The quantitative estimate of drug-likeness (QED) is 0.762. The average Bonchev–Trinajstić information content (AvgIpc) is 2.56. The Balaban J connectivity index is 1.68. The molecule has 1 amide bonds. The van der Waals surface area contributed by atoms with Gasteiger partial charge in [0.15, 0.2) is 0 Å². The average molecular weight is 346 g/mol. The lowest BCUT2D eigenvalue weighted by atomic mass is 10.2. The molecule has 24 heavy (non-hydrogen) atoms. The van der Waals surface area contributed by atoms with Crippen molar-refractivity contribution in [1.29, 1.82) is 0 Å². The Hall–Kier alpha value is -2.73. The van der Waals surface area contributed by atoms with Crippen LogP contribution in [0.15, 0.2) is 47.3 Å². The van der Waals surface area contributed by atoms with E-state index in [-0.39, 0.29) is 29.3 Å². The molecule has 0 saturated heterocycles. The minimum atomic E-state index is -0.554. The fourth-order valence-electron chi connectivity index (χ4n) is 2.27. The molecule has 0 bridgehead atoms. The molecule has 0 unspecified atom stereocenters. The lowest BCUT2D eigenvalue weighted by Gasteiger charge is -2.06. The molecular formula is C17H13ClFN3O2. The van der Waals surface area contributed by atoms with E-state index in [2.05, 4.69) is 15.3 Å². The van der Waals surface area contributed by atoms with Crippen LogP contribution in [0.2, 0.25) is 5.02 Å². The molecule has 3 aromatic rings. The smallest absolute Gasteiger partial charge is 0.270 e. The largest absolute Gasteiger partial charge is 0.326 e. The molecule has 0 radical (unpaired) electrons. The lowest BCUT2D eigenvalue weighted by Crippen LogP contribution is -2.19. The molecular weight excluding hydrogens is 333 g/mol. The molecule has 2 aromatic carbocycles. The first-order valence-electron chi connectivity index (χ1n) is 7.26. The van der Waals surface area contributed by atoms with Crippen LogP contribution in [0.4, 0.5) is 10.1 Å². The van der Waals surface area contributed by atoms with Gasteiger partial charge in [0.1, 0.15) is 11.5 Å². The summed E-state index contributed by atoms with van der Waals surface area (Å²) in [4.78, 5) is 31.0. The highest BCUT2D eigenvalue weighted by Gasteiger charge is 2.09. The Kier molecular flexibility index (Phi) is 4.57. The van der Waals surface area contributed by atoms with Crippen molar-refractivity contribution in [2.24, 2.45) is 0 Å². The number of aryl methyl sites for hydroxylation is 1. The highest BCUT2D eigenvalue weighted by Crippen LogP contribution is 2.19. The Morgan fingerprint density at radius 1 is 1.25 bits per heavy atom. The molecule has 0 fully saturated rings. The SMILES string of the molecule is O=C(CCc1nc2ccccc2[nH]c1=O)Nc1ccc(F)c(Cl)c1. The molecule has 3 rings (SSSR count). The van der Waals surface area contributed by atoms with Crippen molar-refractivity contribution < 1.29 is 9.18 Å². The first-order chi connectivity index (χ1) is 11.5. The number of nitrogens with zero attached hydrogens (tertiary/aromatic N) is 1. The van der Waals surface area contributed by atoms with Gasteiger partial charge in [-0.05, 0) is 30.3 Å². The molecule has 122 valence electrons. The Labute approximate surface area is 141 Å². The minimum Gasteiger partial charge on any atom is -0.326 e. The molecule has 0 spiro atoms. The maximum absolute atomic E-state index is 13.1. The summed E-state index contributed by atoms with van der Waals surface area (Å²) in [5.41, 5.74) is 1.69. The van der Waals surface area contributed by atoms with Crippen molar-refractivity contribution in [2.75, 3.05) is 5.32 Å². The van der Waals surface area contributed by atoms with Crippen molar-refractivity contribution in [3.8, 4) is 0 Å². The van der Waals surface area contributed by atoms with E-state index in [4.69, 9.17) is 11.6 Å². The second kappa shape index (κ2) is 6.80. The third-order valence-corrected chi connectivity index (χ3v) is 3.75. The van der Waals surface area contributed by atoms with Gasteiger partial charge < -0.3 is 10.3 Å². The molecule has 0 aliphatic rings. The van der Waals surface area contributed by atoms with Gasteiger partial charge in [0.05, 0.1) is 16.1 Å². The van der Waals surface area contributed by atoms with E-state index in [0.29, 0.717) is 22.4 Å². The van der Waals surface area contributed by atoms with E-state index in [1.807, 2.05) is 6.07 Å². The number of para-hydroxylation sites is 2. The van der Waals surface area contributed by atoms with Gasteiger partial charge in [0.2, 0.25) is 5.91 Å². The highest BCUT2D eigenvalue weighted by atomic mass is 35.5. The molecule has 0 aliphatic heterocycles. The number of hydrogen-bond acceptors (Lipinski definition) is 3. The Bertz CT molecular complexity index is 971. The first kappa shape index (κ1) is 16.1. The number of amides is 1. The summed E-state index contributed by atoms with van der Waals surface area (Å²) in [5, 5.41) is 2.54. The normalized spacial score (nSPS) is 10.8. The van der Waals surface area contributed by atoms with E-state index in [9.17, 15) is 14.0 Å². The van der Waals surface area contributed by atoms with Crippen LogP contribution in [-0.4, -0.2) is 15.9 Å². The number of halogens is 2.